The van der Waals surface area contributed by atoms with Crippen molar-refractivity contribution in [1.82, 2.24) is 9.55 Å². The Labute approximate surface area is 132 Å². The van der Waals surface area contributed by atoms with Crippen LogP contribution in [0, 0.1) is 12.8 Å². The molecule has 2 unspecified atom stereocenters. The monoisotopic (exact) mass is 327 g/mol. The maximum absolute atomic E-state index is 11.8. The Morgan fingerprint density at radius 2 is 2.22 bits per heavy atom. The Morgan fingerprint density at radius 3 is 2.87 bits per heavy atom. The first-order valence-electron chi connectivity index (χ1n) is 7.31. The van der Waals surface area contributed by atoms with E-state index in [2.05, 4.69) is 4.98 Å². The van der Waals surface area contributed by atoms with Gasteiger partial charge in [0.1, 0.15) is 12.6 Å². The molecule has 1 fully saturated rings. The fourth-order valence-corrected chi connectivity index (χ4v) is 2.00. The molecule has 2 rings (SSSR count). The van der Waals surface area contributed by atoms with Crippen molar-refractivity contribution in [2.75, 3.05) is 13.2 Å². The number of hydrogen-bond donors (Lipinski definition) is 2. The van der Waals surface area contributed by atoms with Gasteiger partial charge in [-0.25, -0.2) is 4.79 Å². The van der Waals surface area contributed by atoms with E-state index in [1.165, 1.54) is 10.8 Å². The summed E-state index contributed by atoms with van der Waals surface area (Å²) < 4.78 is 17.1. The molecule has 0 amide bonds. The van der Waals surface area contributed by atoms with Crippen LogP contribution in [-0.2, 0) is 19.0 Å². The number of carbonyl (C=O) groups excluding carboxylic acids is 1. The Kier molecular flexibility index (Phi) is 5.34. The molecule has 1 aliphatic rings. The van der Waals surface area contributed by atoms with Crippen LogP contribution in [0.3, 0.4) is 0 Å². The van der Waals surface area contributed by atoms with Gasteiger partial charge in [0.2, 0.25) is 0 Å². The van der Waals surface area contributed by atoms with E-state index in [0.29, 0.717) is 5.56 Å². The summed E-state index contributed by atoms with van der Waals surface area (Å²) in [4.78, 5) is 37.0. The number of aryl methyl sites for hydroxylation is 1. The first kappa shape index (κ1) is 17.4. The standard InChI is InChI=1S/C14H21N3O6/c1-7(2)11(15)13(19)22-6-10-21-5-9(23-10)17-4-8(3)12(18)16-14(17)20/h4,7,9-11H,5-6,15H2,1-3H3,(H,16,18,20)/t9?,10?,11-/m1/s1. The van der Waals surface area contributed by atoms with Gasteiger partial charge in [-0.15, -0.1) is 0 Å². The summed E-state index contributed by atoms with van der Waals surface area (Å²) >= 11 is 0. The number of nitrogens with one attached hydrogen (secondary N) is 1. The number of rotatable bonds is 5. The average molecular weight is 327 g/mol. The topological polar surface area (TPSA) is 126 Å². The van der Waals surface area contributed by atoms with Gasteiger partial charge in [0.05, 0.1) is 6.61 Å². The lowest BCUT2D eigenvalue weighted by molar-refractivity contribution is -0.161. The van der Waals surface area contributed by atoms with Crippen LogP contribution < -0.4 is 17.0 Å². The third-order valence-corrected chi connectivity index (χ3v) is 3.54. The molecule has 1 saturated heterocycles. The van der Waals surface area contributed by atoms with Crippen molar-refractivity contribution in [2.45, 2.75) is 39.3 Å². The van der Waals surface area contributed by atoms with Crippen molar-refractivity contribution in [3.63, 3.8) is 0 Å². The van der Waals surface area contributed by atoms with Crippen LogP contribution in [0.2, 0.25) is 0 Å². The van der Waals surface area contributed by atoms with E-state index >= 15 is 0 Å². The smallest absolute Gasteiger partial charge is 0.330 e. The number of ether oxygens (including phenoxy) is 3. The van der Waals surface area contributed by atoms with E-state index in [-0.39, 0.29) is 19.1 Å². The van der Waals surface area contributed by atoms with Crippen molar-refractivity contribution in [1.29, 1.82) is 0 Å². The maximum Gasteiger partial charge on any atom is 0.330 e. The van der Waals surface area contributed by atoms with Gasteiger partial charge in [-0.3, -0.25) is 19.1 Å². The molecule has 0 saturated carbocycles. The second-order valence-electron chi connectivity index (χ2n) is 5.73. The minimum absolute atomic E-state index is 0.0386. The second-order valence-corrected chi connectivity index (χ2v) is 5.73. The van der Waals surface area contributed by atoms with Crippen LogP contribution >= 0.6 is 0 Å². The molecule has 2 heterocycles. The van der Waals surface area contributed by atoms with Crippen LogP contribution in [-0.4, -0.2) is 41.1 Å². The van der Waals surface area contributed by atoms with Gasteiger partial charge in [-0.1, -0.05) is 13.8 Å². The van der Waals surface area contributed by atoms with Crippen LogP contribution in [0.5, 0.6) is 0 Å². The number of aromatic amines is 1. The molecule has 9 nitrogen and oxygen atoms in total. The number of H-pyrrole nitrogens is 1. The lowest BCUT2D eigenvalue weighted by Crippen LogP contribution is -2.38. The minimum atomic E-state index is -0.789. The van der Waals surface area contributed by atoms with Crippen LogP contribution in [0.25, 0.3) is 0 Å². The predicted octanol–water partition coefficient (Wildman–Crippen LogP) is -0.757. The number of nitrogens with two attached hydrogens (primary N) is 1. The van der Waals surface area contributed by atoms with Gasteiger partial charge >= 0.3 is 11.7 Å². The molecule has 0 aliphatic carbocycles. The molecule has 3 atom stereocenters. The average Bonchev–Trinajstić information content (AvgIpc) is 2.96. The number of hydrogen-bond acceptors (Lipinski definition) is 7. The molecular weight excluding hydrogens is 306 g/mol. The zero-order valence-corrected chi connectivity index (χ0v) is 13.3. The fraction of sp³-hybridized carbons (Fsp3) is 0.643. The van der Waals surface area contributed by atoms with Gasteiger partial charge in [-0.05, 0) is 12.8 Å². The SMILES string of the molecule is Cc1cn(C2COC(COC(=O)[C@H](N)C(C)C)O2)c(=O)[nH]c1=O. The first-order valence-corrected chi connectivity index (χ1v) is 7.31. The zero-order valence-electron chi connectivity index (χ0n) is 13.3. The van der Waals surface area contributed by atoms with E-state index in [4.69, 9.17) is 19.9 Å². The van der Waals surface area contributed by atoms with Crippen molar-refractivity contribution < 1.29 is 19.0 Å². The highest BCUT2D eigenvalue weighted by molar-refractivity contribution is 5.75. The second kappa shape index (κ2) is 7.07. The summed E-state index contributed by atoms with van der Waals surface area (Å²) in [7, 11) is 0. The van der Waals surface area contributed by atoms with E-state index in [9.17, 15) is 14.4 Å². The number of nitrogens with zero attached hydrogens (tertiary/aromatic N) is 1. The minimum Gasteiger partial charge on any atom is -0.459 e. The van der Waals surface area contributed by atoms with E-state index in [0.717, 1.165) is 0 Å². The van der Waals surface area contributed by atoms with Crippen molar-refractivity contribution >= 4 is 5.97 Å². The molecule has 0 bridgehead atoms. The molecule has 9 heteroatoms. The van der Waals surface area contributed by atoms with Crippen molar-refractivity contribution in [3.05, 3.63) is 32.6 Å². The van der Waals surface area contributed by atoms with Crippen LogP contribution in [0.4, 0.5) is 0 Å². The van der Waals surface area contributed by atoms with Gasteiger partial charge in [0.15, 0.2) is 12.5 Å². The third kappa shape index (κ3) is 4.06. The maximum atomic E-state index is 11.8. The zero-order chi connectivity index (χ0) is 17.1. The normalized spacial score (nSPS) is 22.3. The lowest BCUT2D eigenvalue weighted by Gasteiger charge is -2.17. The van der Waals surface area contributed by atoms with Crippen LogP contribution in [0.15, 0.2) is 15.8 Å². The molecule has 23 heavy (non-hydrogen) atoms. The Hall–Kier alpha value is -1.97. The van der Waals surface area contributed by atoms with Gasteiger partial charge in [0.25, 0.3) is 5.56 Å². The fourth-order valence-electron chi connectivity index (χ4n) is 2.00. The number of aromatic nitrogens is 2. The molecule has 0 radical (unpaired) electrons. The first-order chi connectivity index (χ1) is 10.8. The highest BCUT2D eigenvalue weighted by atomic mass is 16.7. The molecular formula is C14H21N3O6. The van der Waals surface area contributed by atoms with Crippen LogP contribution in [0.1, 0.15) is 25.6 Å². The van der Waals surface area contributed by atoms with Crippen molar-refractivity contribution in [2.24, 2.45) is 11.7 Å². The summed E-state index contributed by atoms with van der Waals surface area (Å²) in [6, 6.07) is -0.711. The van der Waals surface area contributed by atoms with Gasteiger partial charge in [0, 0.05) is 11.8 Å². The molecule has 0 aromatic carbocycles. The quantitative estimate of drug-likeness (QED) is 0.681. The molecule has 1 aliphatic heterocycles. The number of carbonyl (C=O) groups is 1. The largest absolute Gasteiger partial charge is 0.459 e. The molecule has 3 N–H and O–H groups in total. The Bertz CT molecular complexity index is 680. The predicted molar refractivity (Wildman–Crippen MR) is 79.7 cm³/mol. The molecule has 1 aromatic rings. The summed E-state index contributed by atoms with van der Waals surface area (Å²) in [5.41, 5.74) is 5.02. The van der Waals surface area contributed by atoms with E-state index < -0.39 is 35.8 Å². The molecule has 0 spiro atoms. The Morgan fingerprint density at radius 1 is 1.52 bits per heavy atom. The van der Waals surface area contributed by atoms with Gasteiger partial charge in [-0.2, -0.15) is 0 Å². The molecule has 128 valence electrons. The summed E-state index contributed by atoms with van der Waals surface area (Å²) in [6.45, 7) is 5.19. The van der Waals surface area contributed by atoms with E-state index in [1.807, 2.05) is 13.8 Å². The summed E-state index contributed by atoms with van der Waals surface area (Å²) in [5.74, 6) is -0.573. The number of esters is 1. The van der Waals surface area contributed by atoms with E-state index in [1.54, 1.807) is 6.92 Å². The highest BCUT2D eigenvalue weighted by Gasteiger charge is 2.30. The van der Waals surface area contributed by atoms with Gasteiger partial charge < -0.3 is 19.9 Å². The summed E-state index contributed by atoms with van der Waals surface area (Å²) in [6.07, 6.45) is -0.0823. The third-order valence-electron chi connectivity index (χ3n) is 3.54. The lowest BCUT2D eigenvalue weighted by atomic mass is 10.1. The summed E-state index contributed by atoms with van der Waals surface area (Å²) in [5, 5.41) is 0. The molecule has 1 aromatic heterocycles. The highest BCUT2D eigenvalue weighted by Crippen LogP contribution is 2.19. The van der Waals surface area contributed by atoms with Crippen molar-refractivity contribution in [3.8, 4) is 0 Å². The Balaban J connectivity index is 1.94.